The van der Waals surface area contributed by atoms with Gasteiger partial charge < -0.3 is 0 Å². The molecule has 0 aliphatic heterocycles. The maximum absolute atomic E-state index is 6.33. The Kier molecular flexibility index (Phi) is 4.13. The first-order chi connectivity index (χ1) is 11.7. The van der Waals surface area contributed by atoms with Crippen molar-refractivity contribution in [1.29, 1.82) is 0 Å². The second kappa shape index (κ2) is 6.43. The molecule has 24 heavy (non-hydrogen) atoms. The highest BCUT2D eigenvalue weighted by molar-refractivity contribution is 9.10. The third kappa shape index (κ3) is 2.75. The van der Waals surface area contributed by atoms with Crippen molar-refractivity contribution in [3.8, 4) is 22.3 Å². The molecule has 0 radical (unpaired) electrons. The van der Waals surface area contributed by atoms with Crippen LogP contribution in [-0.4, -0.2) is 0 Å². The third-order valence-corrected chi connectivity index (χ3v) is 5.27. The molecule has 0 spiro atoms. The average Bonchev–Trinajstić information content (AvgIpc) is 2.62. The zero-order valence-corrected chi connectivity index (χ0v) is 15.2. The summed E-state index contributed by atoms with van der Waals surface area (Å²) in [5.74, 6) is 0. The van der Waals surface area contributed by atoms with E-state index in [4.69, 9.17) is 11.6 Å². The Labute approximate surface area is 154 Å². The van der Waals surface area contributed by atoms with Crippen LogP contribution in [0.1, 0.15) is 0 Å². The van der Waals surface area contributed by atoms with Crippen LogP contribution in [0.3, 0.4) is 0 Å². The van der Waals surface area contributed by atoms with Crippen molar-refractivity contribution >= 4 is 38.3 Å². The standard InChI is InChI=1S/C22H14BrCl/c23-21-9-2-1-5-18(21)16-13-11-15(12-14-16)17-6-3-8-20-19(17)7-4-10-22(20)24/h1-14H. The van der Waals surface area contributed by atoms with E-state index in [1.54, 1.807) is 0 Å². The minimum Gasteiger partial charge on any atom is -0.0837 e. The molecular formula is C22H14BrCl. The molecule has 0 N–H and O–H groups in total. The maximum Gasteiger partial charge on any atom is 0.0484 e. The van der Waals surface area contributed by atoms with Crippen molar-refractivity contribution in [3.63, 3.8) is 0 Å². The maximum atomic E-state index is 6.33. The first kappa shape index (κ1) is 15.4. The zero-order chi connectivity index (χ0) is 16.5. The first-order valence-electron chi connectivity index (χ1n) is 7.76. The van der Waals surface area contributed by atoms with Gasteiger partial charge in [-0.15, -0.1) is 0 Å². The Morgan fingerprint density at radius 3 is 1.88 bits per heavy atom. The summed E-state index contributed by atoms with van der Waals surface area (Å²) in [6.45, 7) is 0. The van der Waals surface area contributed by atoms with E-state index in [0.717, 1.165) is 14.9 Å². The second-order valence-corrected chi connectivity index (χ2v) is 6.96. The molecule has 0 nitrogen and oxygen atoms in total. The van der Waals surface area contributed by atoms with Gasteiger partial charge in [0.15, 0.2) is 0 Å². The van der Waals surface area contributed by atoms with Gasteiger partial charge in [-0.25, -0.2) is 0 Å². The van der Waals surface area contributed by atoms with Crippen molar-refractivity contribution in [2.45, 2.75) is 0 Å². The van der Waals surface area contributed by atoms with Gasteiger partial charge in [-0.2, -0.15) is 0 Å². The predicted octanol–water partition coefficient (Wildman–Crippen LogP) is 7.59. The van der Waals surface area contributed by atoms with Crippen LogP contribution < -0.4 is 0 Å². The number of hydrogen-bond donors (Lipinski definition) is 0. The average molecular weight is 394 g/mol. The topological polar surface area (TPSA) is 0 Å². The Morgan fingerprint density at radius 2 is 1.12 bits per heavy atom. The molecule has 0 atom stereocenters. The summed E-state index contributed by atoms with van der Waals surface area (Å²) in [5.41, 5.74) is 4.79. The van der Waals surface area contributed by atoms with E-state index in [1.807, 2.05) is 18.2 Å². The normalized spacial score (nSPS) is 10.9. The number of fused-ring (bicyclic) bond motifs is 1. The molecule has 0 aliphatic carbocycles. The van der Waals surface area contributed by atoms with Gasteiger partial charge in [-0.3, -0.25) is 0 Å². The van der Waals surface area contributed by atoms with Gasteiger partial charge in [0.1, 0.15) is 0 Å². The van der Waals surface area contributed by atoms with Crippen molar-refractivity contribution in [2.24, 2.45) is 0 Å². The summed E-state index contributed by atoms with van der Waals surface area (Å²) in [6, 6.07) is 29.3. The monoisotopic (exact) mass is 392 g/mol. The highest BCUT2D eigenvalue weighted by Crippen LogP contribution is 2.34. The summed E-state index contributed by atoms with van der Waals surface area (Å²) in [5, 5.41) is 3.06. The molecule has 0 aromatic heterocycles. The van der Waals surface area contributed by atoms with E-state index in [1.165, 1.54) is 27.6 Å². The van der Waals surface area contributed by atoms with E-state index in [9.17, 15) is 0 Å². The molecule has 0 saturated heterocycles. The lowest BCUT2D eigenvalue weighted by atomic mass is 9.96. The van der Waals surface area contributed by atoms with Gasteiger partial charge >= 0.3 is 0 Å². The van der Waals surface area contributed by atoms with Gasteiger partial charge in [0, 0.05) is 14.9 Å². The number of rotatable bonds is 2. The van der Waals surface area contributed by atoms with E-state index < -0.39 is 0 Å². The van der Waals surface area contributed by atoms with E-state index >= 15 is 0 Å². The smallest absolute Gasteiger partial charge is 0.0484 e. The molecule has 4 aromatic rings. The lowest BCUT2D eigenvalue weighted by Gasteiger charge is -2.10. The highest BCUT2D eigenvalue weighted by Gasteiger charge is 2.07. The SMILES string of the molecule is Clc1cccc2c(-c3ccc(-c4ccccc4Br)cc3)cccc12. The summed E-state index contributed by atoms with van der Waals surface area (Å²) >= 11 is 9.96. The van der Waals surface area contributed by atoms with Gasteiger partial charge in [0.05, 0.1) is 0 Å². The number of benzene rings is 4. The van der Waals surface area contributed by atoms with Crippen LogP contribution in [0.15, 0.2) is 89.4 Å². The van der Waals surface area contributed by atoms with Crippen LogP contribution >= 0.6 is 27.5 Å². The fraction of sp³-hybridized carbons (Fsp3) is 0. The van der Waals surface area contributed by atoms with E-state index in [2.05, 4.69) is 82.7 Å². The Morgan fingerprint density at radius 1 is 0.542 bits per heavy atom. The fourth-order valence-corrected chi connectivity index (χ4v) is 3.80. The van der Waals surface area contributed by atoms with Gasteiger partial charge in [0.2, 0.25) is 0 Å². The predicted molar refractivity (Wildman–Crippen MR) is 108 cm³/mol. The van der Waals surface area contributed by atoms with Gasteiger partial charge in [0.25, 0.3) is 0 Å². The number of halogens is 2. The van der Waals surface area contributed by atoms with Crippen molar-refractivity contribution in [1.82, 2.24) is 0 Å². The molecular weight excluding hydrogens is 380 g/mol. The highest BCUT2D eigenvalue weighted by atomic mass is 79.9. The molecule has 2 heteroatoms. The molecule has 4 aromatic carbocycles. The summed E-state index contributed by atoms with van der Waals surface area (Å²) < 4.78 is 1.11. The van der Waals surface area contributed by atoms with Crippen molar-refractivity contribution in [2.75, 3.05) is 0 Å². The minimum atomic E-state index is 0.791. The fourth-order valence-electron chi connectivity index (χ4n) is 3.05. The second-order valence-electron chi connectivity index (χ2n) is 5.70. The summed E-state index contributed by atoms with van der Waals surface area (Å²) in [6.07, 6.45) is 0. The summed E-state index contributed by atoms with van der Waals surface area (Å²) in [7, 11) is 0. The molecule has 116 valence electrons. The van der Waals surface area contributed by atoms with Crippen molar-refractivity contribution < 1.29 is 0 Å². The van der Waals surface area contributed by atoms with Crippen LogP contribution in [-0.2, 0) is 0 Å². The van der Waals surface area contributed by atoms with Gasteiger partial charge in [-0.05, 0) is 39.8 Å². The Hall–Kier alpha value is -2.09. The summed E-state index contributed by atoms with van der Waals surface area (Å²) in [4.78, 5) is 0. The molecule has 4 rings (SSSR count). The molecule has 0 fully saturated rings. The van der Waals surface area contributed by atoms with Crippen molar-refractivity contribution in [3.05, 3.63) is 94.4 Å². The lowest BCUT2D eigenvalue weighted by Crippen LogP contribution is -1.84. The number of hydrogen-bond acceptors (Lipinski definition) is 0. The first-order valence-corrected chi connectivity index (χ1v) is 8.94. The van der Waals surface area contributed by atoms with Crippen LogP contribution in [0, 0.1) is 0 Å². The zero-order valence-electron chi connectivity index (χ0n) is 12.8. The third-order valence-electron chi connectivity index (χ3n) is 4.25. The lowest BCUT2D eigenvalue weighted by molar-refractivity contribution is 1.58. The quantitative estimate of drug-likeness (QED) is 0.329. The molecule has 0 amide bonds. The van der Waals surface area contributed by atoms with Crippen LogP contribution in [0.4, 0.5) is 0 Å². The van der Waals surface area contributed by atoms with Crippen LogP contribution in [0.25, 0.3) is 33.0 Å². The largest absolute Gasteiger partial charge is 0.0837 e. The van der Waals surface area contributed by atoms with E-state index in [-0.39, 0.29) is 0 Å². The van der Waals surface area contributed by atoms with Gasteiger partial charge in [-0.1, -0.05) is 100 Å². The molecule has 0 unspecified atom stereocenters. The van der Waals surface area contributed by atoms with Crippen LogP contribution in [0.5, 0.6) is 0 Å². The van der Waals surface area contributed by atoms with Crippen LogP contribution in [0.2, 0.25) is 5.02 Å². The minimum absolute atomic E-state index is 0.791. The Bertz CT molecular complexity index is 1020. The molecule has 0 aliphatic rings. The molecule has 0 bridgehead atoms. The molecule has 0 saturated carbocycles. The molecule has 0 heterocycles. The Balaban J connectivity index is 1.82. The van der Waals surface area contributed by atoms with E-state index in [0.29, 0.717) is 0 Å².